The lowest BCUT2D eigenvalue weighted by molar-refractivity contribution is 0.365. The van der Waals surface area contributed by atoms with Crippen molar-refractivity contribution in [1.82, 2.24) is 0 Å². The maximum absolute atomic E-state index is 9.75. The maximum Gasteiger partial charge on any atom is 0.673 e. The highest BCUT2D eigenvalue weighted by Gasteiger charge is 2.20. The molecule has 8 heteroatoms. The summed E-state index contributed by atoms with van der Waals surface area (Å²) in [5, 5.41) is 8.60. The van der Waals surface area contributed by atoms with Crippen molar-refractivity contribution in [3.63, 3.8) is 0 Å². The molecule has 0 heterocycles. The lowest BCUT2D eigenvalue weighted by atomic mass is 10.3. The third kappa shape index (κ3) is 9.21. The minimum atomic E-state index is -6.00. The van der Waals surface area contributed by atoms with Crippen molar-refractivity contribution in [2.45, 2.75) is 6.92 Å². The van der Waals surface area contributed by atoms with Gasteiger partial charge in [0.25, 0.3) is 0 Å². The van der Waals surface area contributed by atoms with Crippen LogP contribution in [0.15, 0.2) is 36.4 Å². The highest BCUT2D eigenvalue weighted by molar-refractivity contribution is 6.50. The zero-order chi connectivity index (χ0) is 14.0. The van der Waals surface area contributed by atoms with Crippen molar-refractivity contribution in [2.75, 3.05) is 6.61 Å². The Morgan fingerprint density at radius 1 is 1.28 bits per heavy atom. The summed E-state index contributed by atoms with van der Waals surface area (Å²) in [5.41, 5.74) is 0.451. The van der Waals surface area contributed by atoms with Crippen molar-refractivity contribution >= 4 is 12.9 Å². The number of allylic oxidation sites excluding steroid dienone is 1. The van der Waals surface area contributed by atoms with Crippen LogP contribution in [0.3, 0.4) is 0 Å². The van der Waals surface area contributed by atoms with E-state index in [1.165, 1.54) is 0 Å². The van der Waals surface area contributed by atoms with Gasteiger partial charge in [0.05, 0.1) is 0 Å². The second kappa shape index (κ2) is 8.11. The number of benzene rings is 1. The molecule has 0 aromatic heterocycles. The van der Waals surface area contributed by atoms with Crippen molar-refractivity contribution in [3.8, 4) is 5.75 Å². The minimum Gasteiger partial charge on any atom is -0.482 e. The van der Waals surface area contributed by atoms with Gasteiger partial charge < -0.3 is 22.0 Å². The smallest absolute Gasteiger partial charge is 0.482 e. The van der Waals surface area contributed by atoms with Crippen LogP contribution in [0.25, 0.3) is 4.98 Å². The molecule has 0 radical (unpaired) electrons. The van der Waals surface area contributed by atoms with Crippen LogP contribution in [0.2, 0.25) is 0 Å². The van der Waals surface area contributed by atoms with E-state index in [0.29, 0.717) is 18.0 Å². The van der Waals surface area contributed by atoms with Gasteiger partial charge in [0.1, 0.15) is 6.61 Å². The SMILES string of the molecule is C/C=C\COc1ccccc1[N+]#N.F[B-](F)(F)F. The predicted octanol–water partition coefficient (Wildman–Crippen LogP) is 4.43. The van der Waals surface area contributed by atoms with E-state index < -0.39 is 7.25 Å². The van der Waals surface area contributed by atoms with Crippen LogP contribution in [0.4, 0.5) is 23.0 Å². The Balaban J connectivity index is 0.000000494. The fourth-order valence-electron chi connectivity index (χ4n) is 0.896. The Bertz CT molecular complexity index is 423. The molecule has 1 rings (SSSR count). The van der Waals surface area contributed by atoms with Gasteiger partial charge in [-0.1, -0.05) is 24.3 Å². The second-order valence-corrected chi connectivity index (χ2v) is 2.94. The van der Waals surface area contributed by atoms with Crippen molar-refractivity contribution in [1.29, 1.82) is 5.39 Å². The fourth-order valence-corrected chi connectivity index (χ4v) is 0.896. The van der Waals surface area contributed by atoms with Gasteiger partial charge in [-0.2, -0.15) is 0 Å². The maximum atomic E-state index is 9.75. The normalized spacial score (nSPS) is 10.4. The number of nitrogens with zero attached hydrogens (tertiary/aromatic N) is 2. The fraction of sp³-hybridized carbons (Fsp3) is 0.200. The molecule has 1 aromatic rings. The topological polar surface area (TPSA) is 37.4 Å². The van der Waals surface area contributed by atoms with Crippen LogP contribution in [0, 0.1) is 5.39 Å². The van der Waals surface area contributed by atoms with Gasteiger partial charge in [-0.3, -0.25) is 0 Å². The molecule has 0 amide bonds. The number of halogens is 4. The molecule has 0 atom stereocenters. The van der Waals surface area contributed by atoms with Gasteiger partial charge in [0.15, 0.2) is 4.98 Å². The molecule has 0 saturated heterocycles. The quantitative estimate of drug-likeness (QED) is 0.350. The summed E-state index contributed by atoms with van der Waals surface area (Å²) in [6, 6.07) is 7.07. The lowest BCUT2D eigenvalue weighted by Crippen LogP contribution is -2.02. The van der Waals surface area contributed by atoms with E-state index >= 15 is 0 Å². The monoisotopic (exact) mass is 262 g/mol. The van der Waals surface area contributed by atoms with Gasteiger partial charge in [-0.15, -0.1) is 0 Å². The summed E-state index contributed by atoms with van der Waals surface area (Å²) >= 11 is 0. The molecular formula is C10H11BF4N2O. The highest BCUT2D eigenvalue weighted by atomic mass is 19.5. The average Bonchev–Trinajstić information content (AvgIpc) is 2.28. The average molecular weight is 262 g/mol. The van der Waals surface area contributed by atoms with E-state index in [2.05, 4.69) is 4.98 Å². The Morgan fingerprint density at radius 3 is 2.33 bits per heavy atom. The van der Waals surface area contributed by atoms with E-state index in [0.717, 1.165) is 0 Å². The van der Waals surface area contributed by atoms with Gasteiger partial charge in [-0.05, 0) is 13.0 Å². The first-order valence-electron chi connectivity index (χ1n) is 4.94. The first-order valence-corrected chi connectivity index (χ1v) is 4.94. The number of para-hydroxylation sites is 1. The standard InChI is InChI=1S/C10H11N2O.BF4/c1-2-3-8-13-10-7-5-4-6-9(10)12-11;2-1(3,4)5/h2-7H,8H2,1H3;/q+1;-1/b3-2-;. The Labute approximate surface area is 102 Å². The van der Waals surface area contributed by atoms with Gasteiger partial charge in [0.2, 0.25) is 11.1 Å². The van der Waals surface area contributed by atoms with Crippen LogP contribution in [0.5, 0.6) is 5.75 Å². The minimum absolute atomic E-state index is 0.451. The van der Waals surface area contributed by atoms with E-state index in [1.807, 2.05) is 25.1 Å². The van der Waals surface area contributed by atoms with Gasteiger partial charge in [-0.25, -0.2) is 0 Å². The third-order valence-electron chi connectivity index (χ3n) is 1.54. The number of hydrogen-bond donors (Lipinski definition) is 0. The molecule has 0 saturated carbocycles. The Kier molecular flexibility index (Phi) is 7.20. The van der Waals surface area contributed by atoms with E-state index in [-0.39, 0.29) is 0 Å². The second-order valence-electron chi connectivity index (χ2n) is 2.94. The largest absolute Gasteiger partial charge is 0.673 e. The summed E-state index contributed by atoms with van der Waals surface area (Å²) < 4.78 is 44.3. The Morgan fingerprint density at radius 2 is 1.83 bits per heavy atom. The molecule has 0 fully saturated rings. The molecule has 0 N–H and O–H groups in total. The number of diazo groups is 1. The molecule has 0 unspecified atom stereocenters. The van der Waals surface area contributed by atoms with E-state index in [9.17, 15) is 17.3 Å². The molecule has 3 nitrogen and oxygen atoms in total. The summed E-state index contributed by atoms with van der Waals surface area (Å²) in [6.45, 7) is 2.41. The van der Waals surface area contributed by atoms with Crippen molar-refractivity contribution < 1.29 is 22.0 Å². The summed E-state index contributed by atoms with van der Waals surface area (Å²) in [5.74, 6) is 0.586. The molecule has 0 spiro atoms. The Hall–Kier alpha value is -2.04. The molecular weight excluding hydrogens is 251 g/mol. The summed E-state index contributed by atoms with van der Waals surface area (Å²) in [7, 11) is -6.00. The first-order chi connectivity index (χ1) is 8.38. The molecule has 0 bridgehead atoms. The molecule has 0 aliphatic heterocycles. The summed E-state index contributed by atoms with van der Waals surface area (Å²) in [4.78, 5) is 3.10. The molecule has 18 heavy (non-hydrogen) atoms. The van der Waals surface area contributed by atoms with Crippen LogP contribution in [-0.4, -0.2) is 13.9 Å². The molecule has 0 aliphatic carbocycles. The van der Waals surface area contributed by atoms with E-state index in [1.54, 1.807) is 18.2 Å². The lowest BCUT2D eigenvalue weighted by Gasteiger charge is -1.98. The third-order valence-corrected chi connectivity index (χ3v) is 1.54. The van der Waals surface area contributed by atoms with E-state index in [4.69, 9.17) is 10.1 Å². The predicted molar refractivity (Wildman–Crippen MR) is 61.7 cm³/mol. The summed E-state index contributed by atoms with van der Waals surface area (Å²) in [6.07, 6.45) is 3.78. The highest BCUT2D eigenvalue weighted by Crippen LogP contribution is 2.26. The van der Waals surface area contributed by atoms with Gasteiger partial charge >= 0.3 is 12.9 Å². The number of hydrogen-bond acceptors (Lipinski definition) is 2. The molecule has 1 aromatic carbocycles. The van der Waals surface area contributed by atoms with Crippen LogP contribution >= 0.6 is 0 Å². The van der Waals surface area contributed by atoms with Crippen LogP contribution in [-0.2, 0) is 0 Å². The van der Waals surface area contributed by atoms with Crippen molar-refractivity contribution in [2.24, 2.45) is 0 Å². The van der Waals surface area contributed by atoms with Crippen molar-refractivity contribution in [3.05, 3.63) is 41.4 Å². The zero-order valence-electron chi connectivity index (χ0n) is 9.56. The van der Waals surface area contributed by atoms with Crippen LogP contribution < -0.4 is 4.74 Å². The zero-order valence-corrected chi connectivity index (χ0v) is 9.56. The number of ether oxygens (including phenoxy) is 1. The van der Waals surface area contributed by atoms with Gasteiger partial charge in [0, 0.05) is 6.07 Å². The molecule has 98 valence electrons. The molecule has 0 aliphatic rings. The number of rotatable bonds is 3. The first kappa shape index (κ1) is 16.0. The van der Waals surface area contributed by atoms with Crippen LogP contribution in [0.1, 0.15) is 6.92 Å².